The van der Waals surface area contributed by atoms with Gasteiger partial charge in [0.15, 0.2) is 0 Å². The maximum atomic E-state index is 9.92. The van der Waals surface area contributed by atoms with E-state index in [2.05, 4.69) is 0 Å². The van der Waals surface area contributed by atoms with Crippen LogP contribution in [0.4, 0.5) is 36.7 Å². The van der Waals surface area contributed by atoms with E-state index in [1.807, 2.05) is 0 Å². The van der Waals surface area contributed by atoms with E-state index < -0.39 is 32.2 Å². The zero-order valence-corrected chi connectivity index (χ0v) is 9.81. The van der Waals surface area contributed by atoms with Crippen LogP contribution in [0.5, 0.6) is 0 Å². The molecule has 0 heterocycles. The van der Waals surface area contributed by atoms with Crippen molar-refractivity contribution in [2.75, 3.05) is 0 Å². The van der Waals surface area contributed by atoms with Gasteiger partial charge in [0.05, 0.1) is 0 Å². The van der Waals surface area contributed by atoms with Crippen molar-refractivity contribution in [1.29, 1.82) is 0 Å². The van der Waals surface area contributed by atoms with Gasteiger partial charge in [0.1, 0.15) is 0 Å². The van der Waals surface area contributed by atoms with Crippen LogP contribution in [-0.4, -0.2) is 62.7 Å². The van der Waals surface area contributed by atoms with Gasteiger partial charge in [-0.25, -0.2) is 19.2 Å². The van der Waals surface area contributed by atoms with Crippen LogP contribution in [0.2, 0.25) is 0 Å². The first kappa shape index (κ1) is 36.5. The van der Waals surface area contributed by atoms with Gasteiger partial charge in [-0.3, -0.25) is 0 Å². The Bertz CT molecular complexity index is 210. The average Bonchev–Trinajstić information content (AvgIpc) is 1.94. The monoisotopic (exact) mass is 324 g/mol. The Hall–Kier alpha value is -1.86. The van der Waals surface area contributed by atoms with Crippen LogP contribution in [0.25, 0.3) is 0 Å². The van der Waals surface area contributed by atoms with E-state index in [9.17, 15) is 17.6 Å². The topological polar surface area (TPSA) is 213 Å². The SMILES string of the molecule is O=C(O)F.O=C(O)F.O=C(O)F.O=C(O)F.[Li+].[O-]B(O)O. The van der Waals surface area contributed by atoms with E-state index in [0.717, 1.165) is 0 Å². The van der Waals surface area contributed by atoms with Crippen LogP contribution in [0.15, 0.2) is 0 Å². The number of hydrogen-bond donors (Lipinski definition) is 6. The summed E-state index contributed by atoms with van der Waals surface area (Å²) in [6.45, 7) is 0. The quantitative estimate of drug-likeness (QED) is 0.149. The predicted molar refractivity (Wildman–Crippen MR) is 46.7 cm³/mol. The van der Waals surface area contributed by atoms with E-state index in [0.29, 0.717) is 0 Å². The molecule has 21 heavy (non-hydrogen) atoms. The first-order valence-corrected chi connectivity index (χ1v) is 3.22. The van der Waals surface area contributed by atoms with Crippen LogP contribution in [0, 0.1) is 0 Å². The summed E-state index contributed by atoms with van der Waals surface area (Å²) in [6.07, 6.45) is -9.33. The maximum Gasteiger partial charge on any atom is 1.00 e. The molecule has 0 rings (SSSR count). The first-order chi connectivity index (χ1) is 8.66. The smallest absolute Gasteiger partial charge is 0.832 e. The van der Waals surface area contributed by atoms with E-state index >= 15 is 0 Å². The molecule has 0 aromatic rings. The van der Waals surface area contributed by atoms with Gasteiger partial charge in [0.2, 0.25) is 0 Å². The molecule has 0 saturated carbocycles. The first-order valence-electron chi connectivity index (χ1n) is 3.22. The summed E-state index contributed by atoms with van der Waals surface area (Å²) in [7, 11) is -2.42. The minimum absolute atomic E-state index is 0. The predicted octanol–water partition coefficient (Wildman–Crippen LogP) is -3.14. The van der Waals surface area contributed by atoms with Crippen LogP contribution >= 0.6 is 0 Å². The van der Waals surface area contributed by atoms with Gasteiger partial charge < -0.3 is 35.5 Å². The third-order valence-corrected chi connectivity index (χ3v) is 0. The molecule has 17 heteroatoms. The Morgan fingerprint density at radius 2 is 0.667 bits per heavy atom. The summed E-state index contributed by atoms with van der Waals surface area (Å²) in [4.78, 5) is 33.3. The van der Waals surface area contributed by atoms with Gasteiger partial charge in [-0.15, -0.1) is 17.6 Å². The Balaban J connectivity index is -0.0000000331. The van der Waals surface area contributed by atoms with Gasteiger partial charge in [-0.2, -0.15) is 0 Å². The third kappa shape index (κ3) is 1370. The normalized spacial score (nSPS) is 6.05. The standard InChI is InChI=1S/4CHFO2.BH2O3.Li/c5*2-1(3)4;/h4*(H,3,4);2-3H;/q;;;;-1;+1. The van der Waals surface area contributed by atoms with Crippen molar-refractivity contribution in [2.45, 2.75) is 0 Å². The molecule has 0 atom stereocenters. The van der Waals surface area contributed by atoms with Crippen LogP contribution in [0.1, 0.15) is 0 Å². The van der Waals surface area contributed by atoms with Gasteiger partial charge in [0.25, 0.3) is 0 Å². The minimum atomic E-state index is -2.42. The Morgan fingerprint density at radius 1 is 0.667 bits per heavy atom. The molecule has 11 nitrogen and oxygen atoms in total. The van der Waals surface area contributed by atoms with Gasteiger partial charge in [-0.05, 0) is 0 Å². The maximum absolute atomic E-state index is 9.92. The molecule has 6 N–H and O–H groups in total. The number of carbonyl (C=O) groups is 4. The Morgan fingerprint density at radius 3 is 0.667 bits per heavy atom. The zero-order valence-electron chi connectivity index (χ0n) is 9.81. The molecule has 120 valence electrons. The average molecular weight is 324 g/mol. The van der Waals surface area contributed by atoms with Crippen molar-refractivity contribution in [3.8, 4) is 0 Å². The summed E-state index contributed by atoms with van der Waals surface area (Å²) in [5, 5.41) is 49.8. The fourth-order valence-corrected chi connectivity index (χ4v) is 0. The molecule has 0 saturated heterocycles. The van der Waals surface area contributed by atoms with E-state index in [-0.39, 0.29) is 18.9 Å². The molecule has 0 aliphatic heterocycles. The third-order valence-electron chi connectivity index (χ3n) is 0. The fraction of sp³-hybridized carbons (Fsp3) is 0. The fourth-order valence-electron chi connectivity index (χ4n) is 0. The summed E-state index contributed by atoms with van der Waals surface area (Å²) < 4.78 is 39.7. The number of hydrogen-bond acceptors (Lipinski definition) is 7. The van der Waals surface area contributed by atoms with Gasteiger partial charge in [-0.1, -0.05) is 0 Å². The van der Waals surface area contributed by atoms with Crippen LogP contribution < -0.4 is 23.9 Å². The van der Waals surface area contributed by atoms with Gasteiger partial charge in [0, 0.05) is 0 Å². The van der Waals surface area contributed by atoms with Crippen molar-refractivity contribution in [2.24, 2.45) is 0 Å². The van der Waals surface area contributed by atoms with E-state index in [1.165, 1.54) is 0 Å². The summed E-state index contributed by atoms with van der Waals surface area (Å²) in [5.41, 5.74) is 0. The molecule has 0 unspecified atom stereocenters. The molecule has 0 aliphatic rings. The molecule has 0 bridgehead atoms. The second-order valence-corrected chi connectivity index (χ2v) is 1.34. The van der Waals surface area contributed by atoms with Crippen LogP contribution in [-0.2, 0) is 0 Å². The van der Waals surface area contributed by atoms with Crippen molar-refractivity contribution in [3.63, 3.8) is 0 Å². The molecular formula is C4H6BF4LiO11. The van der Waals surface area contributed by atoms with Crippen molar-refractivity contribution < 1.29 is 91.1 Å². The van der Waals surface area contributed by atoms with Crippen molar-refractivity contribution in [3.05, 3.63) is 0 Å². The summed E-state index contributed by atoms with van der Waals surface area (Å²) >= 11 is 0. The molecular weight excluding hydrogens is 318 g/mol. The number of halogens is 4. The second-order valence-electron chi connectivity index (χ2n) is 1.34. The molecule has 0 spiro atoms. The summed E-state index contributed by atoms with van der Waals surface area (Å²) in [5.74, 6) is 0. The van der Waals surface area contributed by atoms with Crippen molar-refractivity contribution in [1.82, 2.24) is 0 Å². The van der Waals surface area contributed by atoms with E-state index in [1.54, 1.807) is 0 Å². The molecule has 0 aromatic carbocycles. The molecule has 0 amide bonds. The second kappa shape index (κ2) is 30.9. The Labute approximate surface area is 124 Å². The molecule has 0 aromatic heterocycles. The van der Waals surface area contributed by atoms with Gasteiger partial charge >= 0.3 is 51.1 Å². The molecule has 0 radical (unpaired) electrons. The minimum Gasteiger partial charge on any atom is -0.832 e. The van der Waals surface area contributed by atoms with Crippen molar-refractivity contribution >= 4 is 32.2 Å². The number of rotatable bonds is 0. The summed E-state index contributed by atoms with van der Waals surface area (Å²) in [6, 6.07) is 0. The van der Waals surface area contributed by atoms with E-state index in [4.69, 9.17) is 54.7 Å². The Kier molecular flexibility index (Phi) is 53.6. The zero-order chi connectivity index (χ0) is 17.9. The molecule has 0 fully saturated rings. The largest absolute Gasteiger partial charge is 1.00 e. The molecule has 0 aliphatic carbocycles. The van der Waals surface area contributed by atoms with Crippen LogP contribution in [0.3, 0.4) is 0 Å². The number of carboxylic acid groups (broad SMARTS) is 4.